The van der Waals surface area contributed by atoms with E-state index < -0.39 is 5.82 Å². The Morgan fingerprint density at radius 1 is 1.50 bits per heavy atom. The van der Waals surface area contributed by atoms with Gasteiger partial charge in [0.25, 0.3) is 0 Å². The summed E-state index contributed by atoms with van der Waals surface area (Å²) in [6, 6.07) is 4.55. The molecule has 0 aliphatic rings. The first kappa shape index (κ1) is 11.0. The molecule has 1 heterocycles. The van der Waals surface area contributed by atoms with Crippen molar-refractivity contribution >= 4 is 28.9 Å². The number of benzene rings is 1. The first-order valence-corrected chi connectivity index (χ1v) is 5.95. The van der Waals surface area contributed by atoms with Gasteiger partial charge in [-0.05, 0) is 12.1 Å². The van der Waals surface area contributed by atoms with E-state index in [1.807, 2.05) is 0 Å². The molecule has 1 aromatic heterocycles. The monoisotopic (exact) mass is 254 g/mol. The minimum atomic E-state index is -0.498. The third-order valence-corrected chi connectivity index (χ3v) is 3.62. The third-order valence-electron chi connectivity index (χ3n) is 1.78. The summed E-state index contributed by atoms with van der Waals surface area (Å²) in [5.41, 5.74) is 7.05. The van der Waals surface area contributed by atoms with Crippen molar-refractivity contribution in [3.05, 3.63) is 35.1 Å². The average Bonchev–Trinajstić information content (AvgIpc) is 2.70. The summed E-state index contributed by atoms with van der Waals surface area (Å²) >= 11 is 2.60. The van der Waals surface area contributed by atoms with Gasteiger partial charge in [-0.1, -0.05) is 29.2 Å². The molecule has 0 amide bonds. The zero-order valence-electron chi connectivity index (χ0n) is 7.98. The molecule has 0 aliphatic carbocycles. The molecule has 3 N–H and O–H groups in total. The van der Waals surface area contributed by atoms with Crippen molar-refractivity contribution in [2.75, 3.05) is 0 Å². The Morgan fingerprint density at radius 2 is 2.31 bits per heavy atom. The van der Waals surface area contributed by atoms with E-state index >= 15 is 0 Å². The first-order chi connectivity index (χ1) is 7.68. The molecule has 1 aromatic carbocycles. The molecule has 0 radical (unpaired) electrons. The van der Waals surface area contributed by atoms with Crippen molar-refractivity contribution in [3.63, 3.8) is 0 Å². The Balaban J connectivity index is 2.40. The summed E-state index contributed by atoms with van der Waals surface area (Å²) in [5, 5.41) is 14.9. The van der Waals surface area contributed by atoms with Crippen LogP contribution in [0.2, 0.25) is 0 Å². The normalized spacial score (nSPS) is 10.3. The van der Waals surface area contributed by atoms with E-state index in [0.29, 0.717) is 9.24 Å². The summed E-state index contributed by atoms with van der Waals surface area (Å²) < 4.78 is 14.2. The highest BCUT2D eigenvalue weighted by Gasteiger charge is 2.13. The molecule has 0 saturated carbocycles. The Labute approximate surface area is 99.2 Å². The van der Waals surface area contributed by atoms with Gasteiger partial charge in [0.2, 0.25) is 0 Å². The number of amidine groups is 1. The van der Waals surface area contributed by atoms with Crippen LogP contribution in [0.15, 0.2) is 32.9 Å². The maximum absolute atomic E-state index is 13.5. The predicted molar refractivity (Wildman–Crippen MR) is 61.4 cm³/mol. The second-order valence-corrected chi connectivity index (χ2v) is 4.96. The van der Waals surface area contributed by atoms with E-state index in [2.05, 4.69) is 10.2 Å². The SMILES string of the molecule is N=C(N)c1c(F)cccc1Sc1nncs1. The molecule has 0 atom stereocenters. The minimum absolute atomic E-state index is 0.114. The maximum Gasteiger partial charge on any atom is 0.178 e. The van der Waals surface area contributed by atoms with E-state index in [1.165, 1.54) is 29.2 Å². The van der Waals surface area contributed by atoms with Crippen LogP contribution >= 0.6 is 23.1 Å². The lowest BCUT2D eigenvalue weighted by Gasteiger charge is -2.06. The number of nitrogens with two attached hydrogens (primary N) is 1. The summed E-state index contributed by atoms with van der Waals surface area (Å²) in [5.74, 6) is -0.785. The summed E-state index contributed by atoms with van der Waals surface area (Å²) in [4.78, 5) is 0.573. The van der Waals surface area contributed by atoms with E-state index in [9.17, 15) is 4.39 Å². The standard InChI is InChI=1S/C9H7FN4S2/c10-5-2-1-3-6(7(5)8(11)12)16-9-14-13-4-15-9/h1-4H,(H3,11,12). The van der Waals surface area contributed by atoms with Crippen LogP contribution in [0.5, 0.6) is 0 Å². The van der Waals surface area contributed by atoms with Crippen molar-refractivity contribution in [2.24, 2.45) is 5.73 Å². The molecule has 0 unspecified atom stereocenters. The van der Waals surface area contributed by atoms with Crippen molar-refractivity contribution in [3.8, 4) is 0 Å². The highest BCUT2D eigenvalue weighted by atomic mass is 32.2. The van der Waals surface area contributed by atoms with Crippen LogP contribution in [-0.4, -0.2) is 16.0 Å². The van der Waals surface area contributed by atoms with Crippen LogP contribution in [-0.2, 0) is 0 Å². The smallest absolute Gasteiger partial charge is 0.178 e. The molecule has 7 heteroatoms. The van der Waals surface area contributed by atoms with Crippen LogP contribution in [0.3, 0.4) is 0 Å². The van der Waals surface area contributed by atoms with Crippen molar-refractivity contribution in [1.29, 1.82) is 5.41 Å². The molecule has 2 aromatic rings. The van der Waals surface area contributed by atoms with Gasteiger partial charge >= 0.3 is 0 Å². The molecule has 0 aliphatic heterocycles. The number of hydrogen-bond donors (Lipinski definition) is 2. The van der Waals surface area contributed by atoms with Gasteiger partial charge in [-0.25, -0.2) is 4.39 Å². The Kier molecular flexibility index (Phi) is 3.16. The molecule has 0 bridgehead atoms. The van der Waals surface area contributed by atoms with E-state index in [-0.39, 0.29) is 11.4 Å². The zero-order valence-corrected chi connectivity index (χ0v) is 9.61. The Hall–Kier alpha value is -1.47. The fourth-order valence-corrected chi connectivity index (χ4v) is 2.75. The lowest BCUT2D eigenvalue weighted by atomic mass is 10.2. The Morgan fingerprint density at radius 3 is 2.94 bits per heavy atom. The summed E-state index contributed by atoms with van der Waals surface area (Å²) in [6.07, 6.45) is 0. The van der Waals surface area contributed by atoms with Gasteiger partial charge in [0.05, 0.1) is 5.56 Å². The predicted octanol–water partition coefficient (Wildman–Crippen LogP) is 2.11. The Bertz CT molecular complexity index is 512. The number of nitrogens with one attached hydrogen (secondary N) is 1. The van der Waals surface area contributed by atoms with Crippen molar-refractivity contribution in [1.82, 2.24) is 10.2 Å². The van der Waals surface area contributed by atoms with Gasteiger partial charge in [0.15, 0.2) is 4.34 Å². The first-order valence-electron chi connectivity index (χ1n) is 4.25. The van der Waals surface area contributed by atoms with E-state index in [0.717, 1.165) is 0 Å². The average molecular weight is 254 g/mol. The second kappa shape index (κ2) is 4.58. The molecule has 2 rings (SSSR count). The highest BCUT2D eigenvalue weighted by Crippen LogP contribution is 2.31. The fraction of sp³-hybridized carbons (Fsp3) is 0. The lowest BCUT2D eigenvalue weighted by Crippen LogP contribution is -2.14. The third kappa shape index (κ3) is 2.20. The minimum Gasteiger partial charge on any atom is -0.384 e. The lowest BCUT2D eigenvalue weighted by molar-refractivity contribution is 0.621. The van der Waals surface area contributed by atoms with E-state index in [1.54, 1.807) is 17.6 Å². The molecule has 4 nitrogen and oxygen atoms in total. The van der Waals surface area contributed by atoms with Gasteiger partial charge in [-0.15, -0.1) is 10.2 Å². The molecule has 0 fully saturated rings. The van der Waals surface area contributed by atoms with Crippen LogP contribution < -0.4 is 5.73 Å². The quantitative estimate of drug-likeness (QED) is 0.649. The molecule has 16 heavy (non-hydrogen) atoms. The van der Waals surface area contributed by atoms with Crippen LogP contribution in [0.25, 0.3) is 0 Å². The van der Waals surface area contributed by atoms with Gasteiger partial charge < -0.3 is 5.73 Å². The van der Waals surface area contributed by atoms with E-state index in [4.69, 9.17) is 11.1 Å². The summed E-state index contributed by atoms with van der Waals surface area (Å²) in [6.45, 7) is 0. The zero-order chi connectivity index (χ0) is 11.5. The van der Waals surface area contributed by atoms with Gasteiger partial charge in [0.1, 0.15) is 17.2 Å². The van der Waals surface area contributed by atoms with Gasteiger partial charge in [0, 0.05) is 4.90 Å². The molecule has 0 saturated heterocycles. The van der Waals surface area contributed by atoms with Crippen LogP contribution in [0.1, 0.15) is 5.56 Å². The number of rotatable bonds is 3. The number of nitrogens with zero attached hydrogens (tertiary/aromatic N) is 2. The number of nitrogen functional groups attached to an aromatic ring is 1. The highest BCUT2D eigenvalue weighted by molar-refractivity contribution is 8.01. The van der Waals surface area contributed by atoms with Crippen molar-refractivity contribution < 1.29 is 4.39 Å². The molecule has 82 valence electrons. The van der Waals surface area contributed by atoms with Crippen molar-refractivity contribution in [2.45, 2.75) is 9.24 Å². The van der Waals surface area contributed by atoms with Gasteiger partial charge in [-0.2, -0.15) is 0 Å². The second-order valence-electron chi connectivity index (χ2n) is 2.83. The topological polar surface area (TPSA) is 75.7 Å². The van der Waals surface area contributed by atoms with Crippen LogP contribution in [0.4, 0.5) is 4.39 Å². The number of aromatic nitrogens is 2. The summed E-state index contributed by atoms with van der Waals surface area (Å²) in [7, 11) is 0. The number of hydrogen-bond acceptors (Lipinski definition) is 5. The fourth-order valence-electron chi connectivity index (χ4n) is 1.15. The largest absolute Gasteiger partial charge is 0.384 e. The maximum atomic E-state index is 13.5. The number of halogens is 1. The van der Waals surface area contributed by atoms with Crippen LogP contribution in [0, 0.1) is 11.2 Å². The molecular weight excluding hydrogens is 247 g/mol. The molecular formula is C9H7FN4S2. The van der Waals surface area contributed by atoms with Gasteiger partial charge in [-0.3, -0.25) is 5.41 Å². The molecule has 0 spiro atoms.